The fraction of sp³-hybridized carbons (Fsp3) is 0.250. The van der Waals surface area contributed by atoms with Crippen molar-refractivity contribution in [1.82, 2.24) is 0 Å². The number of para-hydroxylation sites is 1. The molecule has 4 aromatic rings. The maximum absolute atomic E-state index is 13.1. The fourth-order valence-electron chi connectivity index (χ4n) is 5.02. The van der Waals surface area contributed by atoms with Gasteiger partial charge in [0.2, 0.25) is 5.91 Å². The zero-order valence-corrected chi connectivity index (χ0v) is 24.2. The summed E-state index contributed by atoms with van der Waals surface area (Å²) < 4.78 is 5.95. The Morgan fingerprint density at radius 2 is 1.63 bits per heavy atom. The minimum atomic E-state index is -1.01. The number of carbonyl (C=O) groups is 3. The van der Waals surface area contributed by atoms with Crippen molar-refractivity contribution in [2.75, 3.05) is 23.4 Å². The molecule has 0 spiro atoms. The Morgan fingerprint density at radius 3 is 2.33 bits per heavy atom. The number of ether oxygens (including phenoxy) is 1. The zero-order valence-electron chi connectivity index (χ0n) is 24.2. The lowest BCUT2D eigenvalue weighted by Crippen LogP contribution is -2.33. The second-order valence-electron chi connectivity index (χ2n) is 10.9. The number of rotatable bonds is 14. The van der Waals surface area contributed by atoms with Gasteiger partial charge in [0.1, 0.15) is 11.8 Å². The van der Waals surface area contributed by atoms with Crippen molar-refractivity contribution in [2.45, 2.75) is 38.6 Å². The van der Waals surface area contributed by atoms with Crippen LogP contribution in [0.15, 0.2) is 103 Å². The molecule has 0 aliphatic heterocycles. The molecule has 43 heavy (non-hydrogen) atoms. The molecule has 220 valence electrons. The summed E-state index contributed by atoms with van der Waals surface area (Å²) in [6.07, 6.45) is 2.82. The first kappa shape index (κ1) is 29.6. The van der Waals surface area contributed by atoms with Crippen LogP contribution < -0.4 is 15.0 Å². The minimum absolute atomic E-state index is 0.135. The molecule has 0 heterocycles. The molecule has 7 nitrogen and oxygen atoms in total. The monoisotopic (exact) mass is 576 g/mol. The Bertz CT molecular complexity index is 1560. The largest absolute Gasteiger partial charge is 0.494 e. The molecule has 1 aliphatic carbocycles. The van der Waals surface area contributed by atoms with E-state index < -0.39 is 12.0 Å². The van der Waals surface area contributed by atoms with Crippen LogP contribution in [0.3, 0.4) is 0 Å². The van der Waals surface area contributed by atoms with E-state index in [1.54, 1.807) is 48.5 Å². The Labute approximate surface area is 252 Å². The number of amides is 1. The molecular formula is C36H36N2O5. The molecule has 0 unspecified atom stereocenters. The van der Waals surface area contributed by atoms with E-state index in [-0.39, 0.29) is 24.0 Å². The van der Waals surface area contributed by atoms with Gasteiger partial charge in [-0.05, 0) is 73.7 Å². The number of carbonyl (C=O) groups excluding carboxylic acids is 2. The van der Waals surface area contributed by atoms with Gasteiger partial charge < -0.3 is 20.1 Å². The number of nitrogens with zero attached hydrogens (tertiary/aromatic N) is 1. The molecule has 2 N–H and O–H groups in total. The number of carboxylic acids is 1. The summed E-state index contributed by atoms with van der Waals surface area (Å²) in [5, 5.41) is 13.0. The predicted octanol–water partition coefficient (Wildman–Crippen LogP) is 6.55. The molecule has 0 bridgehead atoms. The highest BCUT2D eigenvalue weighted by Crippen LogP contribution is 2.33. The van der Waals surface area contributed by atoms with Crippen LogP contribution in [0.2, 0.25) is 0 Å². The number of hydrogen-bond donors (Lipinski definition) is 2. The third kappa shape index (κ3) is 7.89. The van der Waals surface area contributed by atoms with E-state index in [2.05, 4.69) is 5.32 Å². The average Bonchev–Trinajstić information content (AvgIpc) is 3.87. The summed E-state index contributed by atoms with van der Waals surface area (Å²) in [5.74, 6) is -0.188. The molecule has 7 heteroatoms. The number of benzene rings is 4. The Kier molecular flexibility index (Phi) is 9.52. The summed E-state index contributed by atoms with van der Waals surface area (Å²) in [5.41, 5.74) is 4.30. The number of anilines is 2. The molecule has 1 saturated carbocycles. The zero-order chi connectivity index (χ0) is 30.2. The van der Waals surface area contributed by atoms with Crippen LogP contribution in [0.4, 0.5) is 11.4 Å². The maximum atomic E-state index is 13.1. The van der Waals surface area contributed by atoms with Crippen molar-refractivity contribution in [3.63, 3.8) is 0 Å². The number of nitrogens with one attached hydrogen (secondary N) is 1. The summed E-state index contributed by atoms with van der Waals surface area (Å²) in [6, 6.07) is 30.3. The van der Waals surface area contributed by atoms with E-state index in [1.165, 1.54) is 0 Å². The van der Waals surface area contributed by atoms with Gasteiger partial charge >= 0.3 is 5.97 Å². The van der Waals surface area contributed by atoms with Crippen LogP contribution in [0.25, 0.3) is 0 Å². The molecule has 1 amide bonds. The van der Waals surface area contributed by atoms with Gasteiger partial charge in [-0.1, -0.05) is 66.7 Å². The SMILES string of the molecule is Cc1cccc(N(CCCOc2ccc(C[C@H](Nc3ccccc3C(=O)c3ccccc3)C(=O)O)cc2)C(=O)C2CC2)c1. The molecule has 4 aromatic carbocycles. The van der Waals surface area contributed by atoms with E-state index >= 15 is 0 Å². The maximum Gasteiger partial charge on any atom is 0.326 e. The topological polar surface area (TPSA) is 95.9 Å². The second kappa shape index (κ2) is 13.8. The van der Waals surface area contributed by atoms with E-state index in [0.717, 1.165) is 29.7 Å². The molecule has 0 saturated heterocycles. The van der Waals surface area contributed by atoms with Crippen LogP contribution >= 0.6 is 0 Å². The normalized spacial score (nSPS) is 13.1. The Hall–Kier alpha value is -4.91. The second-order valence-corrected chi connectivity index (χ2v) is 10.9. The van der Waals surface area contributed by atoms with Gasteiger partial charge in [0.15, 0.2) is 5.78 Å². The van der Waals surface area contributed by atoms with Crippen LogP contribution in [0.5, 0.6) is 5.75 Å². The van der Waals surface area contributed by atoms with Crippen molar-refractivity contribution in [3.8, 4) is 5.75 Å². The van der Waals surface area contributed by atoms with Crippen LogP contribution in [0.1, 0.15) is 46.3 Å². The van der Waals surface area contributed by atoms with Gasteiger partial charge in [0.25, 0.3) is 0 Å². The number of aryl methyl sites for hydroxylation is 1. The van der Waals surface area contributed by atoms with Gasteiger partial charge in [0, 0.05) is 41.4 Å². The van der Waals surface area contributed by atoms with Gasteiger partial charge in [0.05, 0.1) is 6.61 Å². The molecule has 0 aromatic heterocycles. The lowest BCUT2D eigenvalue weighted by molar-refractivity contribution is -0.137. The van der Waals surface area contributed by atoms with E-state index in [0.29, 0.717) is 42.1 Å². The van der Waals surface area contributed by atoms with E-state index in [1.807, 2.05) is 66.4 Å². The minimum Gasteiger partial charge on any atom is -0.494 e. The molecule has 0 radical (unpaired) electrons. The van der Waals surface area contributed by atoms with Crippen LogP contribution in [0, 0.1) is 12.8 Å². The van der Waals surface area contributed by atoms with Gasteiger partial charge in [-0.15, -0.1) is 0 Å². The fourth-order valence-corrected chi connectivity index (χ4v) is 5.02. The number of carboxylic acid groups (broad SMARTS) is 1. The smallest absolute Gasteiger partial charge is 0.326 e. The quantitative estimate of drug-likeness (QED) is 0.131. The third-order valence-electron chi connectivity index (χ3n) is 7.50. The molecular weight excluding hydrogens is 540 g/mol. The molecule has 1 atom stereocenters. The van der Waals surface area contributed by atoms with Gasteiger partial charge in [-0.3, -0.25) is 9.59 Å². The lowest BCUT2D eigenvalue weighted by Gasteiger charge is -2.23. The Balaban J connectivity index is 1.17. The van der Waals surface area contributed by atoms with Crippen LogP contribution in [-0.2, 0) is 16.0 Å². The highest BCUT2D eigenvalue weighted by molar-refractivity contribution is 6.12. The van der Waals surface area contributed by atoms with Crippen molar-refractivity contribution < 1.29 is 24.2 Å². The van der Waals surface area contributed by atoms with E-state index in [9.17, 15) is 19.5 Å². The first-order valence-corrected chi connectivity index (χ1v) is 14.7. The molecule has 1 fully saturated rings. The van der Waals surface area contributed by atoms with E-state index in [4.69, 9.17) is 4.74 Å². The molecule has 5 rings (SSSR count). The number of hydrogen-bond acceptors (Lipinski definition) is 5. The summed E-state index contributed by atoms with van der Waals surface area (Å²) in [6.45, 7) is 3.05. The van der Waals surface area contributed by atoms with Gasteiger partial charge in [-0.25, -0.2) is 4.79 Å². The first-order valence-electron chi connectivity index (χ1n) is 14.7. The summed E-state index contributed by atoms with van der Waals surface area (Å²) in [4.78, 5) is 40.0. The summed E-state index contributed by atoms with van der Waals surface area (Å²) in [7, 11) is 0. The first-order chi connectivity index (χ1) is 20.9. The van der Waals surface area contributed by atoms with Crippen molar-refractivity contribution in [3.05, 3.63) is 125 Å². The Morgan fingerprint density at radius 1 is 0.907 bits per heavy atom. The summed E-state index contributed by atoms with van der Waals surface area (Å²) >= 11 is 0. The number of ketones is 1. The predicted molar refractivity (Wildman–Crippen MR) is 168 cm³/mol. The van der Waals surface area contributed by atoms with Crippen molar-refractivity contribution in [1.29, 1.82) is 0 Å². The van der Waals surface area contributed by atoms with Crippen LogP contribution in [-0.4, -0.2) is 42.0 Å². The number of aliphatic carboxylic acids is 1. The standard InChI is InChI=1S/C36H36N2O5/c1-25-9-7-12-29(23-25)38(35(40)28-17-18-28)21-8-22-43-30-19-15-26(16-20-30)24-33(36(41)42)37-32-14-6-5-13-31(32)34(39)27-10-3-2-4-11-27/h2-7,9-16,19-20,23,28,33,37H,8,17-18,21-22,24H2,1H3,(H,41,42)/t33-/m0/s1. The lowest BCUT2D eigenvalue weighted by atomic mass is 10.00. The third-order valence-corrected chi connectivity index (χ3v) is 7.50. The highest BCUT2D eigenvalue weighted by Gasteiger charge is 2.34. The van der Waals surface area contributed by atoms with Crippen molar-refractivity contribution in [2.24, 2.45) is 5.92 Å². The highest BCUT2D eigenvalue weighted by atomic mass is 16.5. The van der Waals surface area contributed by atoms with Gasteiger partial charge in [-0.2, -0.15) is 0 Å². The molecule has 1 aliphatic rings. The van der Waals surface area contributed by atoms with Crippen molar-refractivity contribution >= 4 is 29.0 Å². The average molecular weight is 577 g/mol.